The molecule has 0 amide bonds. The lowest BCUT2D eigenvalue weighted by Crippen LogP contribution is -2.24. The molecule has 0 radical (unpaired) electrons. The average Bonchev–Trinajstić information content (AvgIpc) is 2.29. The lowest BCUT2D eigenvalue weighted by Gasteiger charge is -2.16. The highest BCUT2D eigenvalue weighted by Gasteiger charge is 2.20. The highest BCUT2D eigenvalue weighted by Crippen LogP contribution is 2.46. The predicted molar refractivity (Wildman–Crippen MR) is 79.0 cm³/mol. The molecule has 1 rings (SSSR count). The van der Waals surface area contributed by atoms with E-state index in [1.54, 1.807) is 0 Å². The first-order chi connectivity index (χ1) is 7.82. The summed E-state index contributed by atoms with van der Waals surface area (Å²) in [4.78, 5) is 10.8. The molecule has 0 saturated heterocycles. The predicted octanol–water partition coefficient (Wildman–Crippen LogP) is 4.56. The fourth-order valence-electron chi connectivity index (χ4n) is 1.04. The first-order valence-corrected chi connectivity index (χ1v) is 7.83. The number of carbonyl (C=O) groups excluding carboxylic acids is 1. The minimum atomic E-state index is -1.60. The highest BCUT2D eigenvalue weighted by molar-refractivity contribution is 9.15. The molecule has 1 aromatic rings. The van der Waals surface area contributed by atoms with Gasteiger partial charge in [0.2, 0.25) is 0 Å². The largest absolute Gasteiger partial charge is 0.545 e. The van der Waals surface area contributed by atoms with Crippen LogP contribution in [0.5, 0.6) is 0 Å². The minimum absolute atomic E-state index is 0.00697. The van der Waals surface area contributed by atoms with Crippen molar-refractivity contribution in [3.05, 3.63) is 34.3 Å². The van der Waals surface area contributed by atoms with E-state index in [9.17, 15) is 14.3 Å². The number of aliphatic carboxylic acids is 1. The van der Waals surface area contributed by atoms with Crippen LogP contribution in [0.25, 0.3) is 5.57 Å². The maximum absolute atomic E-state index is 12.7. The molecule has 0 unspecified atom stereocenters. The molecule has 8 heteroatoms. The van der Waals surface area contributed by atoms with Crippen LogP contribution in [0.1, 0.15) is 5.56 Å². The van der Waals surface area contributed by atoms with Gasteiger partial charge >= 0.3 is 0 Å². The molecule has 0 saturated carbocycles. The molecule has 0 aliphatic heterocycles. The van der Waals surface area contributed by atoms with Crippen molar-refractivity contribution in [1.82, 2.24) is 0 Å². The van der Waals surface area contributed by atoms with Crippen molar-refractivity contribution < 1.29 is 14.3 Å². The Kier molecular flexibility index (Phi) is 5.84. The molecule has 0 atom stereocenters. The molecule has 0 bridgehead atoms. The van der Waals surface area contributed by atoms with Crippen LogP contribution in [-0.4, -0.2) is 5.97 Å². The second kappa shape index (κ2) is 6.27. The number of rotatable bonds is 2. The number of hydrogen-bond donors (Lipinski definition) is 0. The third-order valence-electron chi connectivity index (χ3n) is 1.81. The van der Waals surface area contributed by atoms with Crippen LogP contribution in [0.3, 0.4) is 0 Å². The number of hydrogen-bond acceptors (Lipinski definition) is 2. The van der Waals surface area contributed by atoms with Gasteiger partial charge in [-0.1, -0.05) is 0 Å². The molecule has 0 aliphatic carbocycles. The summed E-state index contributed by atoms with van der Waals surface area (Å²) in [7, 11) is 0. The first-order valence-electron chi connectivity index (χ1n) is 3.86. The van der Waals surface area contributed by atoms with Crippen LogP contribution in [0.4, 0.5) is 4.39 Å². The van der Waals surface area contributed by atoms with Crippen LogP contribution in [0.2, 0.25) is 0 Å². The summed E-state index contributed by atoms with van der Waals surface area (Å²) < 4.78 is 15.2. The Hall–Kier alpha value is 0.760. The van der Waals surface area contributed by atoms with Gasteiger partial charge < -0.3 is 9.90 Å². The van der Waals surface area contributed by atoms with E-state index in [4.69, 9.17) is 0 Å². The molecule has 0 aliphatic rings. The van der Waals surface area contributed by atoms with Crippen molar-refractivity contribution in [2.75, 3.05) is 0 Å². The molecule has 0 spiro atoms. The van der Waals surface area contributed by atoms with Gasteiger partial charge in [0.15, 0.2) is 0 Å². The standard InChI is InChI=1S/C9H2Br5FO2/c10-4-3(2(1-15)9(16)17)5(11)7(13)8(14)6(4)12/h1H,(H,16,17)/p-1/b2-1-. The maximum atomic E-state index is 12.7. The molecule has 0 fully saturated rings. The Labute approximate surface area is 138 Å². The van der Waals surface area contributed by atoms with Gasteiger partial charge in [-0.15, -0.1) is 0 Å². The van der Waals surface area contributed by atoms with Crippen LogP contribution >= 0.6 is 79.6 Å². The summed E-state index contributed by atoms with van der Waals surface area (Å²) in [6.07, 6.45) is -0.00697. The van der Waals surface area contributed by atoms with E-state index >= 15 is 0 Å². The van der Waals surface area contributed by atoms with E-state index in [-0.39, 0.29) is 11.9 Å². The van der Waals surface area contributed by atoms with Crippen molar-refractivity contribution in [2.45, 2.75) is 0 Å². The lowest BCUT2D eigenvalue weighted by molar-refractivity contribution is -0.295. The van der Waals surface area contributed by atoms with Crippen LogP contribution in [0.15, 0.2) is 28.7 Å². The summed E-state index contributed by atoms with van der Waals surface area (Å²) in [6.45, 7) is 0. The minimum Gasteiger partial charge on any atom is -0.545 e. The van der Waals surface area contributed by atoms with Gasteiger partial charge in [0.1, 0.15) is 0 Å². The van der Waals surface area contributed by atoms with Crippen molar-refractivity contribution in [3.8, 4) is 0 Å². The molecule has 0 aromatic heterocycles. The van der Waals surface area contributed by atoms with Gasteiger partial charge in [0, 0.05) is 33.5 Å². The Balaban J connectivity index is 3.72. The normalized spacial score (nSPS) is 11.8. The Bertz CT molecular complexity index is 498. The Morgan fingerprint density at radius 1 is 0.941 bits per heavy atom. The summed E-state index contributed by atoms with van der Waals surface area (Å²) in [5.41, 5.74) is -0.410. The summed E-state index contributed by atoms with van der Waals surface area (Å²) in [6, 6.07) is 0. The van der Waals surface area contributed by atoms with Crippen molar-refractivity contribution in [2.24, 2.45) is 0 Å². The quantitative estimate of drug-likeness (QED) is 0.303. The SMILES string of the molecule is O=C([O-])/C(=C\F)c1c(Br)c(Br)c(Br)c(Br)c1Br. The third kappa shape index (κ3) is 3.02. The first kappa shape index (κ1) is 15.8. The smallest absolute Gasteiger partial charge is 0.0964 e. The van der Waals surface area contributed by atoms with Gasteiger partial charge in [0.05, 0.1) is 12.3 Å². The molecule has 0 N–H and O–H groups in total. The zero-order valence-corrected chi connectivity index (χ0v) is 15.6. The van der Waals surface area contributed by atoms with E-state index in [2.05, 4.69) is 79.6 Å². The van der Waals surface area contributed by atoms with Crippen LogP contribution in [0, 0.1) is 0 Å². The molecule has 92 valence electrons. The van der Waals surface area contributed by atoms with Crippen LogP contribution < -0.4 is 5.11 Å². The number of carboxylic acids is 1. The summed E-state index contributed by atoms with van der Waals surface area (Å²) >= 11 is 16.2. The number of carbonyl (C=O) groups is 1. The summed E-state index contributed by atoms with van der Waals surface area (Å²) in [5.74, 6) is -1.60. The number of carboxylic acid groups (broad SMARTS) is 1. The molecular weight excluding hydrogens is 559 g/mol. The van der Waals surface area contributed by atoms with Gasteiger partial charge in [-0.2, -0.15) is 0 Å². The molecule has 1 aromatic carbocycles. The fourth-order valence-corrected chi connectivity index (χ4v) is 4.52. The van der Waals surface area contributed by atoms with E-state index in [1.165, 1.54) is 0 Å². The fraction of sp³-hybridized carbons (Fsp3) is 0. The van der Waals surface area contributed by atoms with E-state index in [1.807, 2.05) is 0 Å². The maximum Gasteiger partial charge on any atom is 0.0964 e. The van der Waals surface area contributed by atoms with Crippen molar-refractivity contribution >= 4 is 91.2 Å². The average molecular weight is 560 g/mol. The number of halogens is 6. The van der Waals surface area contributed by atoms with Gasteiger partial charge in [-0.25, -0.2) is 4.39 Å². The van der Waals surface area contributed by atoms with Crippen molar-refractivity contribution in [3.63, 3.8) is 0 Å². The molecule has 2 nitrogen and oxygen atoms in total. The number of benzene rings is 1. The zero-order valence-electron chi connectivity index (χ0n) is 7.66. The van der Waals surface area contributed by atoms with Crippen LogP contribution in [-0.2, 0) is 4.79 Å². The highest BCUT2D eigenvalue weighted by atomic mass is 79.9. The van der Waals surface area contributed by atoms with Gasteiger partial charge in [0.25, 0.3) is 0 Å². The van der Waals surface area contributed by atoms with Gasteiger partial charge in [-0.05, 0) is 79.6 Å². The monoisotopic (exact) mass is 555 g/mol. The topological polar surface area (TPSA) is 40.1 Å². The van der Waals surface area contributed by atoms with Gasteiger partial charge in [-0.3, -0.25) is 0 Å². The van der Waals surface area contributed by atoms with E-state index in [0.29, 0.717) is 22.4 Å². The Morgan fingerprint density at radius 3 is 1.59 bits per heavy atom. The van der Waals surface area contributed by atoms with E-state index < -0.39 is 11.5 Å². The molecular formula is C9HBr5FO2-. The summed E-state index contributed by atoms with van der Waals surface area (Å²) in [5, 5.41) is 10.8. The molecule has 17 heavy (non-hydrogen) atoms. The zero-order chi connectivity index (χ0) is 13.3. The molecule has 0 heterocycles. The van der Waals surface area contributed by atoms with E-state index in [0.717, 1.165) is 0 Å². The third-order valence-corrected chi connectivity index (χ3v) is 7.90. The lowest BCUT2D eigenvalue weighted by atomic mass is 10.1. The second-order valence-electron chi connectivity index (χ2n) is 2.76. The van der Waals surface area contributed by atoms with Crippen molar-refractivity contribution in [1.29, 1.82) is 0 Å². The Morgan fingerprint density at radius 2 is 1.29 bits per heavy atom. The second-order valence-corrected chi connectivity index (χ2v) is 6.72.